The molecule has 100 valence electrons. The molecule has 4 heteroatoms. The van der Waals surface area contributed by atoms with Crippen LogP contribution in [0.3, 0.4) is 0 Å². The molecule has 1 fully saturated rings. The zero-order chi connectivity index (χ0) is 13.1. The van der Waals surface area contributed by atoms with Gasteiger partial charge in [0.15, 0.2) is 0 Å². The topological polar surface area (TPSA) is 55.0 Å². The van der Waals surface area contributed by atoms with Gasteiger partial charge in [-0.15, -0.1) is 0 Å². The van der Waals surface area contributed by atoms with Crippen molar-refractivity contribution in [2.45, 2.75) is 52.5 Å². The maximum Gasteiger partial charge on any atom is 0.134 e. The van der Waals surface area contributed by atoms with Crippen LogP contribution in [0.1, 0.15) is 45.9 Å². The third-order valence-electron chi connectivity index (χ3n) is 3.92. The molecule has 0 saturated carbocycles. The second-order valence-electron chi connectivity index (χ2n) is 5.37. The van der Waals surface area contributed by atoms with Crippen molar-refractivity contribution in [2.75, 3.05) is 17.2 Å². The van der Waals surface area contributed by atoms with Gasteiger partial charge >= 0.3 is 0 Å². The van der Waals surface area contributed by atoms with Crippen molar-refractivity contribution in [3.8, 4) is 0 Å². The number of nitrogen functional groups attached to an aromatic ring is 1. The van der Waals surface area contributed by atoms with Gasteiger partial charge in [-0.2, -0.15) is 0 Å². The van der Waals surface area contributed by atoms with E-state index < -0.39 is 0 Å². The summed E-state index contributed by atoms with van der Waals surface area (Å²) in [7, 11) is 0. The van der Waals surface area contributed by atoms with E-state index in [1.807, 2.05) is 6.07 Å². The zero-order valence-corrected chi connectivity index (χ0v) is 11.7. The average Bonchev–Trinajstić information content (AvgIpc) is 2.32. The number of rotatable bonds is 3. The Kier molecular flexibility index (Phi) is 4.04. The van der Waals surface area contributed by atoms with Gasteiger partial charge in [-0.25, -0.2) is 9.97 Å². The van der Waals surface area contributed by atoms with Crippen LogP contribution in [-0.4, -0.2) is 22.6 Å². The van der Waals surface area contributed by atoms with Gasteiger partial charge in [0.2, 0.25) is 0 Å². The lowest BCUT2D eigenvalue weighted by Crippen LogP contribution is -2.43. The molecule has 18 heavy (non-hydrogen) atoms. The Morgan fingerprint density at radius 1 is 1.39 bits per heavy atom. The highest BCUT2D eigenvalue weighted by atomic mass is 15.2. The van der Waals surface area contributed by atoms with Crippen molar-refractivity contribution in [3.05, 3.63) is 11.9 Å². The van der Waals surface area contributed by atoms with Gasteiger partial charge in [0.25, 0.3) is 0 Å². The summed E-state index contributed by atoms with van der Waals surface area (Å²) in [5, 5.41) is 0. The smallest absolute Gasteiger partial charge is 0.134 e. The third kappa shape index (κ3) is 2.74. The molecule has 0 aliphatic carbocycles. The number of nitrogens with zero attached hydrogens (tertiary/aromatic N) is 3. The lowest BCUT2D eigenvalue weighted by Gasteiger charge is -2.38. The van der Waals surface area contributed by atoms with Crippen LogP contribution in [0.2, 0.25) is 0 Å². The van der Waals surface area contributed by atoms with Crippen molar-refractivity contribution in [1.82, 2.24) is 9.97 Å². The molecule has 2 rings (SSSR count). The molecule has 0 spiro atoms. The van der Waals surface area contributed by atoms with E-state index in [9.17, 15) is 0 Å². The summed E-state index contributed by atoms with van der Waals surface area (Å²) in [6.45, 7) is 7.81. The van der Waals surface area contributed by atoms with E-state index in [0.717, 1.165) is 31.0 Å². The van der Waals surface area contributed by atoms with Crippen LogP contribution >= 0.6 is 0 Å². The Morgan fingerprint density at radius 3 is 2.89 bits per heavy atom. The molecule has 0 aromatic carbocycles. The molecular formula is C14H24N4. The molecule has 2 atom stereocenters. The fraction of sp³-hybridized carbons (Fsp3) is 0.714. The van der Waals surface area contributed by atoms with E-state index in [1.165, 1.54) is 12.8 Å². The highest BCUT2D eigenvalue weighted by Crippen LogP contribution is 2.27. The van der Waals surface area contributed by atoms with Gasteiger partial charge in [0.1, 0.15) is 17.5 Å². The first-order valence-electron chi connectivity index (χ1n) is 7.02. The third-order valence-corrected chi connectivity index (χ3v) is 3.92. The number of hydrogen-bond acceptors (Lipinski definition) is 4. The number of hydrogen-bond donors (Lipinski definition) is 1. The quantitative estimate of drug-likeness (QED) is 0.893. The Hall–Kier alpha value is -1.32. The summed E-state index contributed by atoms with van der Waals surface area (Å²) in [4.78, 5) is 11.3. The molecule has 1 saturated heterocycles. The molecule has 0 amide bonds. The predicted octanol–water partition coefficient (Wildman–Crippen LogP) is 2.64. The SMILES string of the molecule is CCCc1nc(N)cc(N2CCCC(C)C2C)n1. The van der Waals surface area contributed by atoms with Crippen molar-refractivity contribution < 1.29 is 0 Å². The van der Waals surface area contributed by atoms with Crippen molar-refractivity contribution in [1.29, 1.82) is 0 Å². The molecule has 1 aromatic rings. The van der Waals surface area contributed by atoms with Gasteiger partial charge in [-0.05, 0) is 32.1 Å². The van der Waals surface area contributed by atoms with Crippen LogP contribution in [-0.2, 0) is 6.42 Å². The predicted molar refractivity (Wildman–Crippen MR) is 75.6 cm³/mol. The lowest BCUT2D eigenvalue weighted by atomic mass is 9.92. The summed E-state index contributed by atoms with van der Waals surface area (Å²) in [5.41, 5.74) is 5.90. The maximum absolute atomic E-state index is 5.90. The first-order valence-corrected chi connectivity index (χ1v) is 7.02. The Labute approximate surface area is 110 Å². The Balaban J connectivity index is 2.26. The fourth-order valence-electron chi connectivity index (χ4n) is 2.64. The van der Waals surface area contributed by atoms with E-state index in [0.29, 0.717) is 17.8 Å². The molecule has 2 unspecified atom stereocenters. The molecule has 0 bridgehead atoms. The first-order chi connectivity index (χ1) is 8.61. The number of nitrogens with two attached hydrogens (primary N) is 1. The van der Waals surface area contributed by atoms with E-state index >= 15 is 0 Å². The highest BCUT2D eigenvalue weighted by Gasteiger charge is 2.26. The standard InChI is InChI=1S/C14H24N4/c1-4-6-13-16-12(15)9-14(17-13)18-8-5-7-10(2)11(18)3/h9-11H,4-8H2,1-3H3,(H2,15,16,17). The van der Waals surface area contributed by atoms with Crippen molar-refractivity contribution in [2.24, 2.45) is 5.92 Å². The molecule has 1 aliphatic heterocycles. The fourth-order valence-corrected chi connectivity index (χ4v) is 2.64. The largest absolute Gasteiger partial charge is 0.384 e. The van der Waals surface area contributed by atoms with E-state index in [4.69, 9.17) is 5.73 Å². The van der Waals surface area contributed by atoms with Crippen LogP contribution in [0.25, 0.3) is 0 Å². The minimum Gasteiger partial charge on any atom is -0.384 e. The van der Waals surface area contributed by atoms with E-state index in [-0.39, 0.29) is 0 Å². The van der Waals surface area contributed by atoms with Crippen LogP contribution < -0.4 is 10.6 Å². The minimum absolute atomic E-state index is 0.530. The highest BCUT2D eigenvalue weighted by molar-refractivity contribution is 5.48. The second-order valence-corrected chi connectivity index (χ2v) is 5.37. The van der Waals surface area contributed by atoms with Gasteiger partial charge in [-0.1, -0.05) is 13.8 Å². The van der Waals surface area contributed by atoms with Gasteiger partial charge in [0.05, 0.1) is 0 Å². The number of aromatic nitrogens is 2. The normalized spacial score (nSPS) is 24.3. The first kappa shape index (κ1) is 13.1. The van der Waals surface area contributed by atoms with E-state index in [1.54, 1.807) is 0 Å². The average molecular weight is 248 g/mol. The Bertz CT molecular complexity index is 405. The lowest BCUT2D eigenvalue weighted by molar-refractivity contribution is 0.361. The van der Waals surface area contributed by atoms with Crippen LogP contribution in [0.15, 0.2) is 6.07 Å². The summed E-state index contributed by atoms with van der Waals surface area (Å²) in [6, 6.07) is 2.44. The molecule has 0 radical (unpaired) electrons. The molecule has 1 aromatic heterocycles. The maximum atomic E-state index is 5.90. The van der Waals surface area contributed by atoms with Gasteiger partial charge < -0.3 is 10.6 Å². The molecule has 2 N–H and O–H groups in total. The van der Waals surface area contributed by atoms with Crippen LogP contribution in [0.5, 0.6) is 0 Å². The molecule has 1 aliphatic rings. The summed E-state index contributed by atoms with van der Waals surface area (Å²) < 4.78 is 0. The molecule has 2 heterocycles. The number of piperidine rings is 1. The van der Waals surface area contributed by atoms with Gasteiger partial charge in [-0.3, -0.25) is 0 Å². The molecule has 4 nitrogen and oxygen atoms in total. The summed E-state index contributed by atoms with van der Waals surface area (Å²) in [6.07, 6.45) is 4.49. The van der Waals surface area contributed by atoms with Crippen LogP contribution in [0.4, 0.5) is 11.6 Å². The van der Waals surface area contributed by atoms with Crippen LogP contribution in [0, 0.1) is 5.92 Å². The zero-order valence-electron chi connectivity index (χ0n) is 11.7. The Morgan fingerprint density at radius 2 is 2.17 bits per heavy atom. The second kappa shape index (κ2) is 5.55. The van der Waals surface area contributed by atoms with Gasteiger partial charge in [0, 0.05) is 25.1 Å². The van der Waals surface area contributed by atoms with Crippen molar-refractivity contribution in [3.63, 3.8) is 0 Å². The minimum atomic E-state index is 0.530. The summed E-state index contributed by atoms with van der Waals surface area (Å²) >= 11 is 0. The number of anilines is 2. The monoisotopic (exact) mass is 248 g/mol. The van der Waals surface area contributed by atoms with E-state index in [2.05, 4.69) is 35.6 Å². The summed E-state index contributed by atoms with van der Waals surface area (Å²) in [5.74, 6) is 3.18. The number of aryl methyl sites for hydroxylation is 1. The van der Waals surface area contributed by atoms with Crippen molar-refractivity contribution >= 4 is 11.6 Å². The molecular weight excluding hydrogens is 224 g/mol.